The lowest BCUT2D eigenvalue weighted by atomic mass is 10.2. The number of rotatable bonds is 6. The van der Waals surface area contributed by atoms with Crippen LogP contribution in [0.5, 0.6) is 0 Å². The molecule has 17 heavy (non-hydrogen) atoms. The van der Waals surface area contributed by atoms with Crippen LogP contribution in [0.15, 0.2) is 0 Å². The van der Waals surface area contributed by atoms with Gasteiger partial charge in [0.15, 0.2) is 0 Å². The van der Waals surface area contributed by atoms with Crippen LogP contribution < -0.4 is 5.32 Å². The van der Waals surface area contributed by atoms with E-state index in [1.807, 2.05) is 0 Å². The lowest BCUT2D eigenvalue weighted by Crippen LogP contribution is -2.45. The van der Waals surface area contributed by atoms with Gasteiger partial charge in [0.2, 0.25) is 5.91 Å². The van der Waals surface area contributed by atoms with Gasteiger partial charge < -0.3 is 15.0 Å². The average molecular weight is 242 g/mol. The molecule has 0 radical (unpaired) electrons. The first-order chi connectivity index (χ1) is 8.11. The van der Waals surface area contributed by atoms with E-state index in [1.54, 1.807) is 18.7 Å². The molecule has 1 rings (SSSR count). The number of carbonyl (C=O) groups is 2. The second-order valence-electron chi connectivity index (χ2n) is 4.26. The summed E-state index contributed by atoms with van der Waals surface area (Å²) in [6.45, 7) is 7.35. The predicted octanol–water partition coefficient (Wildman–Crippen LogP) is 0.539. The van der Waals surface area contributed by atoms with Crippen LogP contribution in [0.2, 0.25) is 0 Å². The molecule has 1 amide bonds. The molecular weight excluding hydrogens is 220 g/mol. The van der Waals surface area contributed by atoms with Crippen LogP contribution in [0.25, 0.3) is 0 Å². The van der Waals surface area contributed by atoms with Crippen molar-refractivity contribution in [2.45, 2.75) is 45.7 Å². The fraction of sp³-hybridized carbons (Fsp3) is 0.833. The van der Waals surface area contributed by atoms with Gasteiger partial charge in [-0.15, -0.1) is 0 Å². The van der Waals surface area contributed by atoms with Crippen LogP contribution in [0.3, 0.4) is 0 Å². The molecule has 0 aromatic rings. The van der Waals surface area contributed by atoms with Crippen molar-refractivity contribution in [2.24, 2.45) is 0 Å². The van der Waals surface area contributed by atoms with Gasteiger partial charge >= 0.3 is 5.97 Å². The second kappa shape index (κ2) is 6.59. The number of hydrogen-bond donors (Lipinski definition) is 1. The molecule has 98 valence electrons. The zero-order valence-corrected chi connectivity index (χ0v) is 10.9. The van der Waals surface area contributed by atoms with Gasteiger partial charge in [0.05, 0.1) is 12.6 Å². The van der Waals surface area contributed by atoms with Crippen molar-refractivity contribution >= 4 is 11.9 Å². The van der Waals surface area contributed by atoms with E-state index in [9.17, 15) is 9.59 Å². The van der Waals surface area contributed by atoms with E-state index in [4.69, 9.17) is 4.74 Å². The third-order valence-electron chi connectivity index (χ3n) is 2.98. The van der Waals surface area contributed by atoms with Gasteiger partial charge in [0.1, 0.15) is 6.04 Å². The molecule has 5 nitrogen and oxygen atoms in total. The molecule has 0 spiro atoms. The zero-order valence-electron chi connectivity index (χ0n) is 10.9. The first-order valence-electron chi connectivity index (χ1n) is 6.32. The number of carbonyl (C=O) groups excluding carboxylic acids is 2. The van der Waals surface area contributed by atoms with Crippen LogP contribution in [0.4, 0.5) is 0 Å². The smallest absolute Gasteiger partial charge is 0.328 e. The summed E-state index contributed by atoms with van der Waals surface area (Å²) in [5.74, 6) is -0.309. The molecule has 0 saturated carbocycles. The Balaban J connectivity index is 2.51. The maximum absolute atomic E-state index is 12.0. The maximum Gasteiger partial charge on any atom is 0.328 e. The molecule has 0 bridgehead atoms. The number of amides is 1. The van der Waals surface area contributed by atoms with Crippen molar-refractivity contribution in [3.05, 3.63) is 0 Å². The van der Waals surface area contributed by atoms with Gasteiger partial charge in [0.25, 0.3) is 0 Å². The summed E-state index contributed by atoms with van der Waals surface area (Å²) >= 11 is 0. The van der Waals surface area contributed by atoms with E-state index in [0.717, 1.165) is 19.4 Å². The third-order valence-corrected chi connectivity index (χ3v) is 2.98. The average Bonchev–Trinajstić information content (AvgIpc) is 2.67. The molecule has 5 heteroatoms. The molecule has 2 unspecified atom stereocenters. The molecular formula is C12H22N2O3. The summed E-state index contributed by atoms with van der Waals surface area (Å²) in [4.78, 5) is 25.2. The minimum Gasteiger partial charge on any atom is -0.464 e. The van der Waals surface area contributed by atoms with Crippen molar-refractivity contribution < 1.29 is 14.3 Å². The molecule has 1 saturated heterocycles. The maximum atomic E-state index is 12.0. The molecule has 1 heterocycles. The standard InChI is InChI=1S/C12H22N2O3/c1-4-7-13-10-6-8-14(11(10)15)9(3)12(16)17-5-2/h9-10,13H,4-8H2,1-3H3. The molecule has 0 aromatic carbocycles. The Morgan fingerprint density at radius 2 is 2.29 bits per heavy atom. The van der Waals surface area contributed by atoms with Gasteiger partial charge in [-0.05, 0) is 33.2 Å². The summed E-state index contributed by atoms with van der Waals surface area (Å²) in [5.41, 5.74) is 0. The minimum absolute atomic E-state index is 0.0130. The van der Waals surface area contributed by atoms with Crippen molar-refractivity contribution in [3.8, 4) is 0 Å². The zero-order chi connectivity index (χ0) is 12.8. The molecule has 2 atom stereocenters. The quantitative estimate of drug-likeness (QED) is 0.691. The lowest BCUT2D eigenvalue weighted by Gasteiger charge is -2.23. The summed E-state index contributed by atoms with van der Waals surface area (Å²) in [6.07, 6.45) is 1.76. The third kappa shape index (κ3) is 3.43. The summed E-state index contributed by atoms with van der Waals surface area (Å²) in [6, 6.07) is -0.609. The first-order valence-corrected chi connectivity index (χ1v) is 6.32. The van der Waals surface area contributed by atoms with Crippen molar-refractivity contribution in [3.63, 3.8) is 0 Å². The van der Waals surface area contributed by atoms with Gasteiger partial charge in [-0.2, -0.15) is 0 Å². The highest BCUT2D eigenvalue weighted by Crippen LogP contribution is 2.15. The lowest BCUT2D eigenvalue weighted by molar-refractivity contribution is -0.152. The normalized spacial score (nSPS) is 21.7. The Morgan fingerprint density at radius 3 is 2.88 bits per heavy atom. The fourth-order valence-electron chi connectivity index (χ4n) is 1.98. The van der Waals surface area contributed by atoms with Crippen LogP contribution in [0.1, 0.15) is 33.6 Å². The van der Waals surface area contributed by atoms with Crippen LogP contribution in [-0.4, -0.2) is 48.6 Å². The summed E-state index contributed by atoms with van der Waals surface area (Å²) in [7, 11) is 0. The van der Waals surface area contributed by atoms with E-state index in [1.165, 1.54) is 0 Å². The fourth-order valence-corrected chi connectivity index (χ4v) is 1.98. The van der Waals surface area contributed by atoms with E-state index in [-0.39, 0.29) is 17.9 Å². The largest absolute Gasteiger partial charge is 0.464 e. The Bertz CT molecular complexity index is 281. The molecule has 0 aromatic heterocycles. The molecule has 1 N–H and O–H groups in total. The van der Waals surface area contributed by atoms with Crippen LogP contribution in [-0.2, 0) is 14.3 Å². The van der Waals surface area contributed by atoms with Crippen molar-refractivity contribution in [2.75, 3.05) is 19.7 Å². The highest BCUT2D eigenvalue weighted by Gasteiger charge is 2.36. The Morgan fingerprint density at radius 1 is 1.59 bits per heavy atom. The number of nitrogens with one attached hydrogen (secondary N) is 1. The van der Waals surface area contributed by atoms with E-state index >= 15 is 0 Å². The number of ether oxygens (including phenoxy) is 1. The van der Waals surface area contributed by atoms with Gasteiger partial charge in [-0.1, -0.05) is 6.92 Å². The van der Waals surface area contributed by atoms with Gasteiger partial charge in [-0.3, -0.25) is 4.79 Å². The van der Waals surface area contributed by atoms with Gasteiger partial charge in [-0.25, -0.2) is 4.79 Å². The SMILES string of the molecule is CCCNC1CCN(C(C)C(=O)OCC)C1=O. The number of hydrogen-bond acceptors (Lipinski definition) is 4. The highest BCUT2D eigenvalue weighted by molar-refractivity contribution is 5.89. The molecule has 1 aliphatic heterocycles. The van der Waals surface area contributed by atoms with Gasteiger partial charge in [0, 0.05) is 6.54 Å². The Hall–Kier alpha value is -1.10. The van der Waals surface area contributed by atoms with E-state index in [0.29, 0.717) is 13.2 Å². The van der Waals surface area contributed by atoms with E-state index in [2.05, 4.69) is 12.2 Å². The number of likely N-dealkylation sites (tertiary alicyclic amines) is 1. The van der Waals surface area contributed by atoms with Crippen LogP contribution in [0, 0.1) is 0 Å². The van der Waals surface area contributed by atoms with Crippen molar-refractivity contribution in [1.29, 1.82) is 0 Å². The topological polar surface area (TPSA) is 58.6 Å². The first kappa shape index (κ1) is 14.0. The van der Waals surface area contributed by atoms with E-state index < -0.39 is 6.04 Å². The minimum atomic E-state index is -0.476. The predicted molar refractivity (Wildman–Crippen MR) is 64.5 cm³/mol. The second-order valence-corrected chi connectivity index (χ2v) is 4.26. The summed E-state index contributed by atoms with van der Waals surface area (Å²) < 4.78 is 4.93. The Labute approximate surface area is 102 Å². The Kier molecular flexibility index (Phi) is 5.41. The monoisotopic (exact) mass is 242 g/mol. The number of esters is 1. The highest BCUT2D eigenvalue weighted by atomic mass is 16.5. The summed E-state index contributed by atoms with van der Waals surface area (Å²) in [5, 5.41) is 3.19. The number of nitrogens with zero attached hydrogens (tertiary/aromatic N) is 1. The molecule has 0 aliphatic carbocycles. The van der Waals surface area contributed by atoms with Crippen LogP contribution >= 0.6 is 0 Å². The molecule has 1 aliphatic rings. The molecule has 1 fully saturated rings. The van der Waals surface area contributed by atoms with Crippen molar-refractivity contribution in [1.82, 2.24) is 10.2 Å².